The first-order valence-electron chi connectivity index (χ1n) is 6.90. The van der Waals surface area contributed by atoms with E-state index in [2.05, 4.69) is 37.9 Å². The van der Waals surface area contributed by atoms with Crippen LogP contribution >= 0.6 is 0 Å². The van der Waals surface area contributed by atoms with E-state index >= 15 is 0 Å². The number of carbonyl (C=O) groups excluding carboxylic acids is 1. The molecule has 0 bridgehead atoms. The SMILES string of the molecule is CCN1CCC(CNC(=O)CC(C)(C)C)CC1. The molecule has 1 saturated heterocycles. The molecule has 1 aliphatic heterocycles. The molecule has 0 aromatic heterocycles. The fourth-order valence-corrected chi connectivity index (χ4v) is 2.31. The Kier molecular flexibility index (Phi) is 5.44. The summed E-state index contributed by atoms with van der Waals surface area (Å²) in [5, 5.41) is 3.08. The van der Waals surface area contributed by atoms with E-state index in [0.717, 1.165) is 13.1 Å². The zero-order chi connectivity index (χ0) is 12.9. The summed E-state index contributed by atoms with van der Waals surface area (Å²) in [6.45, 7) is 12.9. The van der Waals surface area contributed by atoms with E-state index in [0.29, 0.717) is 12.3 Å². The normalized spacial score (nSPS) is 19.3. The monoisotopic (exact) mass is 240 g/mol. The van der Waals surface area contributed by atoms with Crippen molar-refractivity contribution >= 4 is 5.91 Å². The van der Waals surface area contributed by atoms with Gasteiger partial charge in [0.25, 0.3) is 0 Å². The topological polar surface area (TPSA) is 32.3 Å². The Morgan fingerprint density at radius 3 is 2.35 bits per heavy atom. The second-order valence-electron chi connectivity index (χ2n) is 6.42. The molecule has 1 N–H and O–H groups in total. The maximum Gasteiger partial charge on any atom is 0.220 e. The molecule has 0 saturated carbocycles. The van der Waals surface area contributed by atoms with Gasteiger partial charge in [0.2, 0.25) is 5.91 Å². The van der Waals surface area contributed by atoms with Gasteiger partial charge < -0.3 is 10.2 Å². The van der Waals surface area contributed by atoms with Gasteiger partial charge >= 0.3 is 0 Å². The number of hydrogen-bond acceptors (Lipinski definition) is 2. The molecule has 17 heavy (non-hydrogen) atoms. The van der Waals surface area contributed by atoms with E-state index < -0.39 is 0 Å². The van der Waals surface area contributed by atoms with Gasteiger partial charge in [-0.3, -0.25) is 4.79 Å². The molecule has 0 atom stereocenters. The molecule has 1 rings (SSSR count). The van der Waals surface area contributed by atoms with Crippen LogP contribution in [0.5, 0.6) is 0 Å². The molecule has 3 heteroatoms. The molecule has 1 fully saturated rings. The fourth-order valence-electron chi connectivity index (χ4n) is 2.31. The maximum absolute atomic E-state index is 11.7. The Hall–Kier alpha value is -0.570. The van der Waals surface area contributed by atoms with Gasteiger partial charge in [0.15, 0.2) is 0 Å². The predicted molar refractivity (Wildman–Crippen MR) is 71.9 cm³/mol. The van der Waals surface area contributed by atoms with Gasteiger partial charge in [-0.1, -0.05) is 27.7 Å². The standard InChI is InChI=1S/C14H28N2O/c1-5-16-8-6-12(7-9-16)11-15-13(17)10-14(2,3)4/h12H,5-11H2,1-4H3,(H,15,17). The Bertz CT molecular complexity index is 237. The minimum absolute atomic E-state index is 0.0929. The summed E-state index contributed by atoms with van der Waals surface area (Å²) < 4.78 is 0. The number of nitrogens with one attached hydrogen (secondary N) is 1. The van der Waals surface area contributed by atoms with Gasteiger partial charge in [0.1, 0.15) is 0 Å². The molecule has 0 radical (unpaired) electrons. The lowest BCUT2D eigenvalue weighted by Crippen LogP contribution is -2.39. The number of carbonyl (C=O) groups is 1. The van der Waals surface area contributed by atoms with E-state index in [9.17, 15) is 4.79 Å². The zero-order valence-corrected chi connectivity index (χ0v) is 11.9. The largest absolute Gasteiger partial charge is 0.356 e. The Balaban J connectivity index is 2.17. The van der Waals surface area contributed by atoms with Crippen LogP contribution in [0.25, 0.3) is 0 Å². The highest BCUT2D eigenvalue weighted by molar-refractivity contribution is 5.76. The third-order valence-corrected chi connectivity index (χ3v) is 3.43. The average Bonchev–Trinajstić information content (AvgIpc) is 2.25. The van der Waals surface area contributed by atoms with Crippen LogP contribution in [0.4, 0.5) is 0 Å². The average molecular weight is 240 g/mol. The van der Waals surface area contributed by atoms with E-state index in [1.807, 2.05) is 0 Å². The maximum atomic E-state index is 11.7. The molecule has 1 aliphatic rings. The first-order chi connectivity index (χ1) is 7.90. The highest BCUT2D eigenvalue weighted by Crippen LogP contribution is 2.19. The van der Waals surface area contributed by atoms with Crippen LogP contribution < -0.4 is 5.32 Å². The third-order valence-electron chi connectivity index (χ3n) is 3.43. The number of nitrogens with zero attached hydrogens (tertiary/aromatic N) is 1. The van der Waals surface area contributed by atoms with Crippen molar-refractivity contribution in [3.8, 4) is 0 Å². The van der Waals surface area contributed by atoms with Crippen LogP contribution in [0.1, 0.15) is 47.0 Å². The number of amides is 1. The quantitative estimate of drug-likeness (QED) is 0.817. The van der Waals surface area contributed by atoms with E-state index in [-0.39, 0.29) is 11.3 Å². The molecule has 1 amide bonds. The summed E-state index contributed by atoms with van der Waals surface area (Å²) in [5.41, 5.74) is 0.0929. The Labute approximate surface area is 106 Å². The van der Waals surface area contributed by atoms with E-state index in [1.54, 1.807) is 0 Å². The molecular weight excluding hydrogens is 212 g/mol. The van der Waals surface area contributed by atoms with Crippen molar-refractivity contribution in [1.82, 2.24) is 10.2 Å². The lowest BCUT2D eigenvalue weighted by molar-refractivity contribution is -0.123. The van der Waals surface area contributed by atoms with Crippen molar-refractivity contribution in [2.45, 2.75) is 47.0 Å². The second kappa shape index (κ2) is 6.39. The molecule has 3 nitrogen and oxygen atoms in total. The molecule has 0 aromatic carbocycles. The lowest BCUT2D eigenvalue weighted by atomic mass is 9.91. The molecular formula is C14H28N2O. The number of hydrogen-bond donors (Lipinski definition) is 1. The van der Waals surface area contributed by atoms with Crippen LogP contribution in [0.2, 0.25) is 0 Å². The summed E-state index contributed by atoms with van der Waals surface area (Å²) >= 11 is 0. The van der Waals surface area contributed by atoms with Crippen LogP contribution in [0, 0.1) is 11.3 Å². The van der Waals surface area contributed by atoms with E-state index in [4.69, 9.17) is 0 Å². The van der Waals surface area contributed by atoms with E-state index in [1.165, 1.54) is 25.9 Å². The predicted octanol–water partition coefficient (Wildman–Crippen LogP) is 2.27. The first-order valence-corrected chi connectivity index (χ1v) is 6.90. The van der Waals surface area contributed by atoms with Crippen molar-refractivity contribution in [1.29, 1.82) is 0 Å². The number of piperidine rings is 1. The smallest absolute Gasteiger partial charge is 0.220 e. The first kappa shape index (κ1) is 14.5. The Morgan fingerprint density at radius 2 is 1.88 bits per heavy atom. The van der Waals surface area contributed by atoms with Crippen molar-refractivity contribution in [2.75, 3.05) is 26.2 Å². The second-order valence-corrected chi connectivity index (χ2v) is 6.42. The van der Waals surface area contributed by atoms with Crippen molar-refractivity contribution in [2.24, 2.45) is 11.3 Å². The van der Waals surface area contributed by atoms with Gasteiger partial charge in [0, 0.05) is 13.0 Å². The molecule has 0 aliphatic carbocycles. The number of likely N-dealkylation sites (tertiary alicyclic amines) is 1. The molecule has 100 valence electrons. The van der Waals surface area contributed by atoms with Gasteiger partial charge in [-0.05, 0) is 43.8 Å². The number of rotatable bonds is 4. The third kappa shape index (κ3) is 6.06. The fraction of sp³-hybridized carbons (Fsp3) is 0.929. The van der Waals surface area contributed by atoms with Gasteiger partial charge in [0.05, 0.1) is 0 Å². The van der Waals surface area contributed by atoms with Crippen molar-refractivity contribution in [3.05, 3.63) is 0 Å². The summed E-state index contributed by atoms with van der Waals surface area (Å²) in [7, 11) is 0. The van der Waals surface area contributed by atoms with Crippen LogP contribution in [0.3, 0.4) is 0 Å². The lowest BCUT2D eigenvalue weighted by Gasteiger charge is -2.31. The molecule has 0 unspecified atom stereocenters. The minimum atomic E-state index is 0.0929. The summed E-state index contributed by atoms with van der Waals surface area (Å²) in [6, 6.07) is 0. The molecule has 0 aromatic rings. The minimum Gasteiger partial charge on any atom is -0.356 e. The van der Waals surface area contributed by atoms with Gasteiger partial charge in [-0.25, -0.2) is 0 Å². The highest BCUT2D eigenvalue weighted by atomic mass is 16.1. The van der Waals surface area contributed by atoms with Crippen LogP contribution in [0.15, 0.2) is 0 Å². The molecule has 1 heterocycles. The molecule has 0 spiro atoms. The highest BCUT2D eigenvalue weighted by Gasteiger charge is 2.20. The summed E-state index contributed by atoms with van der Waals surface area (Å²) in [4.78, 5) is 14.2. The Morgan fingerprint density at radius 1 is 1.29 bits per heavy atom. The van der Waals surface area contributed by atoms with Gasteiger partial charge in [-0.2, -0.15) is 0 Å². The van der Waals surface area contributed by atoms with Crippen LogP contribution in [-0.2, 0) is 4.79 Å². The van der Waals surface area contributed by atoms with Crippen molar-refractivity contribution in [3.63, 3.8) is 0 Å². The summed E-state index contributed by atoms with van der Waals surface area (Å²) in [6.07, 6.45) is 3.08. The van der Waals surface area contributed by atoms with Crippen LogP contribution in [-0.4, -0.2) is 37.0 Å². The summed E-state index contributed by atoms with van der Waals surface area (Å²) in [5.74, 6) is 0.886. The van der Waals surface area contributed by atoms with Crippen molar-refractivity contribution < 1.29 is 4.79 Å². The van der Waals surface area contributed by atoms with Gasteiger partial charge in [-0.15, -0.1) is 0 Å². The zero-order valence-electron chi connectivity index (χ0n) is 11.9.